The Kier molecular flexibility index (Phi) is 1.17. The van der Waals surface area contributed by atoms with E-state index < -0.39 is 0 Å². The van der Waals surface area contributed by atoms with Crippen LogP contribution in [0.2, 0.25) is 0 Å². The first-order chi connectivity index (χ1) is 2.50. The quantitative estimate of drug-likeness (QED) is 0.464. The van der Waals surface area contributed by atoms with Gasteiger partial charge in [-0.25, -0.2) is 0 Å². The molecule has 1 heterocycles. The standard InChI is InChI=1S/C3H5NS/c1-2-5-3-4-1/h2-4H,1H2. The summed E-state index contributed by atoms with van der Waals surface area (Å²) >= 11 is 1.71. The van der Waals surface area contributed by atoms with Gasteiger partial charge in [0.25, 0.3) is 0 Å². The third kappa shape index (κ3) is 0.816. The highest BCUT2D eigenvalue weighted by atomic mass is 32.2. The molecule has 0 unspecified atom stereocenters. The Bertz CT molecular complexity index is 18.5. The van der Waals surface area contributed by atoms with Gasteiger partial charge in [0, 0.05) is 12.3 Å². The predicted octanol–water partition coefficient (Wildman–Crippen LogP) is 0.604. The summed E-state index contributed by atoms with van der Waals surface area (Å²) in [4.78, 5) is 0. The lowest BCUT2D eigenvalue weighted by Gasteiger charge is -1.73. The van der Waals surface area contributed by atoms with Crippen LogP contribution in [-0.2, 0) is 0 Å². The van der Waals surface area contributed by atoms with E-state index in [4.69, 9.17) is 0 Å². The van der Waals surface area contributed by atoms with Gasteiger partial charge >= 0.3 is 0 Å². The number of thioether (sulfide) groups is 1. The highest BCUT2D eigenvalue weighted by Gasteiger charge is 1.94. The van der Waals surface area contributed by atoms with E-state index in [9.17, 15) is 0 Å². The highest BCUT2D eigenvalue weighted by molar-refractivity contribution is 8.03. The van der Waals surface area contributed by atoms with E-state index in [0.717, 1.165) is 6.54 Å². The van der Waals surface area contributed by atoms with E-state index in [0.29, 0.717) is 0 Å². The van der Waals surface area contributed by atoms with Crippen molar-refractivity contribution in [1.82, 2.24) is 5.32 Å². The van der Waals surface area contributed by atoms with Gasteiger partial charge in [-0.05, 0) is 0 Å². The normalized spacial score (nSPS) is 24.0. The highest BCUT2D eigenvalue weighted by Crippen LogP contribution is 2.11. The molecule has 1 rings (SSSR count). The van der Waals surface area contributed by atoms with E-state index >= 15 is 0 Å². The molecule has 0 aromatic heterocycles. The zero-order valence-corrected chi connectivity index (χ0v) is 3.59. The number of hydrogen-bond acceptors (Lipinski definition) is 2. The average Bonchev–Trinajstić information content (AvgIpc) is 1.76. The Morgan fingerprint density at radius 3 is 3.00 bits per heavy atom. The van der Waals surface area contributed by atoms with Crippen LogP contribution in [0.25, 0.3) is 0 Å². The maximum atomic E-state index is 3.00. The van der Waals surface area contributed by atoms with Crippen LogP contribution < -0.4 is 5.32 Å². The molecule has 0 atom stereocenters. The molecule has 1 N–H and O–H groups in total. The molecule has 2 radical (unpaired) electrons. The number of rotatable bonds is 0. The summed E-state index contributed by atoms with van der Waals surface area (Å²) < 4.78 is 0. The molecular weight excluding hydrogens is 82.1 g/mol. The number of hydrogen-bond donors (Lipinski definition) is 1. The van der Waals surface area contributed by atoms with Crippen LogP contribution in [0.1, 0.15) is 0 Å². The van der Waals surface area contributed by atoms with Crippen LogP contribution in [0, 0.1) is 11.6 Å². The van der Waals surface area contributed by atoms with Gasteiger partial charge in [-0.1, -0.05) is 0 Å². The zero-order valence-electron chi connectivity index (χ0n) is 2.77. The van der Waals surface area contributed by atoms with E-state index in [1.54, 1.807) is 11.8 Å². The van der Waals surface area contributed by atoms with Gasteiger partial charge in [0.2, 0.25) is 0 Å². The fourth-order valence-electron chi connectivity index (χ4n) is 0.241. The lowest BCUT2D eigenvalue weighted by molar-refractivity contribution is 0.979. The summed E-state index contributed by atoms with van der Waals surface area (Å²) in [6.45, 7) is 1.03. The third-order valence-electron chi connectivity index (χ3n) is 0.449. The fraction of sp³-hybridized carbons (Fsp3) is 0.333. The van der Waals surface area contributed by atoms with Crippen molar-refractivity contribution in [2.45, 2.75) is 0 Å². The fourth-order valence-corrected chi connectivity index (χ4v) is 0.722. The van der Waals surface area contributed by atoms with Gasteiger partial charge in [-0.3, -0.25) is 0 Å². The molecule has 2 heteroatoms. The van der Waals surface area contributed by atoms with Gasteiger partial charge in [-0.15, -0.1) is 11.8 Å². The van der Waals surface area contributed by atoms with Gasteiger partial charge in [0.05, 0.1) is 5.88 Å². The van der Waals surface area contributed by atoms with Crippen molar-refractivity contribution in [2.24, 2.45) is 0 Å². The Morgan fingerprint density at radius 1 is 1.80 bits per heavy atom. The molecular formula is C3H5NS. The first-order valence-electron chi connectivity index (χ1n) is 1.52. The predicted molar refractivity (Wildman–Crippen MR) is 24.2 cm³/mol. The van der Waals surface area contributed by atoms with E-state index in [2.05, 4.69) is 11.1 Å². The topological polar surface area (TPSA) is 12.0 Å². The van der Waals surface area contributed by atoms with Gasteiger partial charge in [0.1, 0.15) is 0 Å². The van der Waals surface area contributed by atoms with Crippen LogP contribution in [0.4, 0.5) is 0 Å². The van der Waals surface area contributed by atoms with Gasteiger partial charge in [0.15, 0.2) is 0 Å². The molecule has 0 aromatic carbocycles. The van der Waals surface area contributed by atoms with Gasteiger partial charge < -0.3 is 5.32 Å². The molecule has 0 aromatic rings. The maximum absolute atomic E-state index is 3.00. The number of nitrogens with one attached hydrogen (secondary N) is 1. The molecule has 5 heavy (non-hydrogen) atoms. The molecule has 1 saturated heterocycles. The maximum Gasteiger partial charge on any atom is 0.0786 e. The summed E-state index contributed by atoms with van der Waals surface area (Å²) in [7, 11) is 0. The van der Waals surface area contributed by atoms with Crippen molar-refractivity contribution in [3.63, 3.8) is 0 Å². The second kappa shape index (κ2) is 1.67. The molecule has 0 saturated carbocycles. The molecule has 0 spiro atoms. The monoisotopic (exact) mass is 87.0 g/mol. The molecule has 1 aliphatic heterocycles. The molecule has 1 nitrogen and oxygen atoms in total. The third-order valence-corrected chi connectivity index (χ3v) is 1.11. The zero-order chi connectivity index (χ0) is 3.54. The van der Waals surface area contributed by atoms with Crippen molar-refractivity contribution in [3.05, 3.63) is 11.6 Å². The molecule has 0 bridgehead atoms. The largest absolute Gasteiger partial charge is 0.302 e. The Balaban J connectivity index is 2.08. The second-order valence-electron chi connectivity index (χ2n) is 0.829. The van der Waals surface area contributed by atoms with Crippen molar-refractivity contribution >= 4 is 11.8 Å². The van der Waals surface area contributed by atoms with E-state index in [1.807, 2.05) is 5.88 Å². The lowest BCUT2D eigenvalue weighted by atomic mass is 10.8. The van der Waals surface area contributed by atoms with Crippen molar-refractivity contribution in [2.75, 3.05) is 6.54 Å². The summed E-state index contributed by atoms with van der Waals surface area (Å²) in [5.41, 5.74) is 0. The van der Waals surface area contributed by atoms with Crippen LogP contribution in [-0.4, -0.2) is 6.54 Å². The first kappa shape index (κ1) is 3.50. The minimum atomic E-state index is 1.03. The average molecular weight is 87.1 g/mol. The first-order valence-corrected chi connectivity index (χ1v) is 2.46. The van der Waals surface area contributed by atoms with E-state index in [1.165, 1.54) is 0 Å². The summed E-state index contributed by atoms with van der Waals surface area (Å²) in [6.07, 6.45) is 0. The molecule has 1 aliphatic rings. The van der Waals surface area contributed by atoms with Crippen LogP contribution in [0.5, 0.6) is 0 Å². The Morgan fingerprint density at radius 2 is 2.80 bits per heavy atom. The second-order valence-corrected chi connectivity index (χ2v) is 1.67. The molecule has 28 valence electrons. The molecule has 0 amide bonds. The van der Waals surface area contributed by atoms with Crippen molar-refractivity contribution < 1.29 is 0 Å². The van der Waals surface area contributed by atoms with Crippen LogP contribution in [0.3, 0.4) is 0 Å². The minimum Gasteiger partial charge on any atom is -0.302 e. The van der Waals surface area contributed by atoms with E-state index in [-0.39, 0.29) is 0 Å². The van der Waals surface area contributed by atoms with Gasteiger partial charge in [-0.2, -0.15) is 0 Å². The summed E-state index contributed by atoms with van der Waals surface area (Å²) in [5.74, 6) is 4.08. The van der Waals surface area contributed by atoms with Crippen LogP contribution >= 0.6 is 11.8 Å². The Labute approximate surface area is 36.1 Å². The van der Waals surface area contributed by atoms with Crippen LogP contribution in [0.15, 0.2) is 0 Å². The molecule has 0 aliphatic carbocycles. The van der Waals surface area contributed by atoms with Crippen molar-refractivity contribution in [3.8, 4) is 0 Å². The molecule has 1 fully saturated rings. The summed E-state index contributed by atoms with van der Waals surface area (Å²) in [5, 5.41) is 3.00. The summed E-state index contributed by atoms with van der Waals surface area (Å²) in [6, 6.07) is 0. The minimum absolute atomic E-state index is 1.03. The Hall–Kier alpha value is 0.310. The smallest absolute Gasteiger partial charge is 0.0786 e. The van der Waals surface area contributed by atoms with Crippen molar-refractivity contribution in [1.29, 1.82) is 0 Å². The SMILES string of the molecule is [CH]1CN[CH]S1. The lowest BCUT2D eigenvalue weighted by Crippen LogP contribution is -1.98.